The van der Waals surface area contributed by atoms with E-state index in [2.05, 4.69) is 5.32 Å². The van der Waals surface area contributed by atoms with E-state index in [1.807, 2.05) is 13.8 Å². The van der Waals surface area contributed by atoms with Gasteiger partial charge in [-0.2, -0.15) is 0 Å². The number of hydrogen-bond donors (Lipinski definition) is 1. The average Bonchev–Trinajstić information content (AvgIpc) is 2.39. The Balaban J connectivity index is 2.26. The zero-order valence-electron chi connectivity index (χ0n) is 11.3. The van der Waals surface area contributed by atoms with Crippen LogP contribution in [0.15, 0.2) is 18.2 Å². The molecule has 1 heterocycles. The Morgan fingerprint density at radius 3 is 2.79 bits per heavy atom. The minimum atomic E-state index is -0.567. The normalized spacial score (nSPS) is 20.3. The van der Waals surface area contributed by atoms with Crippen LogP contribution in [0.2, 0.25) is 5.02 Å². The molecule has 1 N–H and O–H groups in total. The minimum Gasteiger partial charge on any atom is -0.316 e. The Morgan fingerprint density at radius 1 is 1.47 bits per heavy atom. The molecule has 2 rings (SSSR count). The van der Waals surface area contributed by atoms with E-state index in [0.717, 1.165) is 25.9 Å². The number of hydrogen-bond acceptors (Lipinski definition) is 2. The van der Waals surface area contributed by atoms with Gasteiger partial charge in [0, 0.05) is 10.4 Å². The second-order valence-corrected chi connectivity index (χ2v) is 6.15. The van der Waals surface area contributed by atoms with Crippen LogP contribution in [-0.4, -0.2) is 18.9 Å². The van der Waals surface area contributed by atoms with Gasteiger partial charge in [-0.25, -0.2) is 4.39 Å². The first-order valence-electron chi connectivity index (χ1n) is 6.63. The van der Waals surface area contributed by atoms with E-state index in [-0.39, 0.29) is 17.3 Å². The number of ketones is 1. The highest BCUT2D eigenvalue weighted by molar-refractivity contribution is 6.30. The third-order valence-electron chi connectivity index (χ3n) is 4.08. The summed E-state index contributed by atoms with van der Waals surface area (Å²) < 4.78 is 13.9. The Labute approximate surface area is 118 Å². The lowest BCUT2D eigenvalue weighted by Crippen LogP contribution is -2.42. The summed E-state index contributed by atoms with van der Waals surface area (Å²) in [7, 11) is 0. The highest BCUT2D eigenvalue weighted by Crippen LogP contribution is 2.35. The lowest BCUT2D eigenvalue weighted by Gasteiger charge is -2.36. The first-order valence-corrected chi connectivity index (χ1v) is 7.01. The van der Waals surface area contributed by atoms with Crippen LogP contribution >= 0.6 is 11.6 Å². The zero-order valence-corrected chi connectivity index (χ0v) is 12.1. The zero-order chi connectivity index (χ0) is 14.0. The topological polar surface area (TPSA) is 29.1 Å². The molecule has 104 valence electrons. The van der Waals surface area contributed by atoms with Gasteiger partial charge in [0.2, 0.25) is 0 Å². The number of rotatable bonds is 3. The number of piperidine rings is 1. The van der Waals surface area contributed by atoms with Crippen molar-refractivity contribution in [3.63, 3.8) is 0 Å². The van der Waals surface area contributed by atoms with Crippen molar-refractivity contribution in [3.8, 4) is 0 Å². The van der Waals surface area contributed by atoms with Gasteiger partial charge in [-0.1, -0.05) is 25.4 Å². The van der Waals surface area contributed by atoms with E-state index in [1.54, 1.807) is 6.07 Å². The molecule has 1 unspecified atom stereocenters. The molecule has 0 radical (unpaired) electrons. The molecule has 1 atom stereocenters. The minimum absolute atomic E-state index is 0.139. The maximum Gasteiger partial charge on any atom is 0.171 e. The van der Waals surface area contributed by atoms with Gasteiger partial charge < -0.3 is 5.32 Å². The van der Waals surface area contributed by atoms with Gasteiger partial charge in [-0.05, 0) is 50.0 Å². The Bertz CT molecular complexity index is 481. The van der Waals surface area contributed by atoms with Gasteiger partial charge in [0.05, 0.1) is 5.56 Å². The van der Waals surface area contributed by atoms with Gasteiger partial charge >= 0.3 is 0 Å². The quantitative estimate of drug-likeness (QED) is 0.857. The summed E-state index contributed by atoms with van der Waals surface area (Å²) in [6.45, 7) is 5.62. The Kier molecular flexibility index (Phi) is 4.26. The molecule has 1 aliphatic heterocycles. The number of halogens is 2. The van der Waals surface area contributed by atoms with Gasteiger partial charge in [-0.3, -0.25) is 4.79 Å². The van der Waals surface area contributed by atoms with Crippen LogP contribution < -0.4 is 5.32 Å². The standard InChI is InChI=1S/C15H19ClFNO/c1-15(2,10-4-3-7-18-9-10)14(19)12-6-5-11(16)8-13(12)17/h5-6,8,10,18H,3-4,7,9H2,1-2H3. The number of nitrogens with one attached hydrogen (secondary N) is 1. The summed E-state index contributed by atoms with van der Waals surface area (Å²) in [5.41, 5.74) is -0.429. The molecule has 2 nitrogen and oxygen atoms in total. The van der Waals surface area contributed by atoms with E-state index >= 15 is 0 Å². The van der Waals surface area contributed by atoms with Crippen molar-refractivity contribution in [2.45, 2.75) is 26.7 Å². The van der Waals surface area contributed by atoms with E-state index in [4.69, 9.17) is 11.6 Å². The maximum absolute atomic E-state index is 13.9. The van der Waals surface area contributed by atoms with Crippen LogP contribution in [0, 0.1) is 17.2 Å². The van der Waals surface area contributed by atoms with Crippen LogP contribution in [0.5, 0.6) is 0 Å². The van der Waals surface area contributed by atoms with E-state index in [1.165, 1.54) is 12.1 Å². The van der Waals surface area contributed by atoms with Gasteiger partial charge in [0.1, 0.15) is 5.82 Å². The summed E-state index contributed by atoms with van der Waals surface area (Å²) >= 11 is 5.72. The monoisotopic (exact) mass is 283 g/mol. The van der Waals surface area contributed by atoms with Gasteiger partial charge in [0.25, 0.3) is 0 Å². The summed E-state index contributed by atoms with van der Waals surface area (Å²) in [6, 6.07) is 4.25. The van der Waals surface area contributed by atoms with Crippen LogP contribution in [0.25, 0.3) is 0 Å². The molecule has 19 heavy (non-hydrogen) atoms. The molecular formula is C15H19ClFNO. The second-order valence-electron chi connectivity index (χ2n) is 5.72. The third-order valence-corrected chi connectivity index (χ3v) is 4.31. The Hall–Kier alpha value is -0.930. The number of carbonyl (C=O) groups is 1. The van der Waals surface area contributed by atoms with Crippen molar-refractivity contribution in [1.29, 1.82) is 0 Å². The van der Waals surface area contributed by atoms with Gasteiger partial charge in [-0.15, -0.1) is 0 Å². The van der Waals surface area contributed by atoms with Crippen LogP contribution in [-0.2, 0) is 0 Å². The highest BCUT2D eigenvalue weighted by Gasteiger charge is 2.38. The summed E-state index contributed by atoms with van der Waals surface area (Å²) in [6.07, 6.45) is 2.06. The molecule has 0 saturated carbocycles. The molecule has 1 aromatic carbocycles. The molecule has 1 saturated heterocycles. The number of benzene rings is 1. The predicted molar refractivity (Wildman–Crippen MR) is 75.1 cm³/mol. The lowest BCUT2D eigenvalue weighted by molar-refractivity contribution is 0.0704. The van der Waals surface area contributed by atoms with Crippen LogP contribution in [0.4, 0.5) is 4.39 Å². The molecule has 1 fully saturated rings. The van der Waals surface area contributed by atoms with Crippen molar-refractivity contribution < 1.29 is 9.18 Å². The first-order chi connectivity index (χ1) is 8.93. The average molecular weight is 284 g/mol. The fraction of sp³-hybridized carbons (Fsp3) is 0.533. The summed E-state index contributed by atoms with van der Waals surface area (Å²) in [5.74, 6) is -0.437. The lowest BCUT2D eigenvalue weighted by atomic mass is 9.70. The largest absolute Gasteiger partial charge is 0.316 e. The molecule has 0 aliphatic carbocycles. The van der Waals surface area contributed by atoms with Crippen molar-refractivity contribution in [3.05, 3.63) is 34.6 Å². The van der Waals surface area contributed by atoms with Crippen molar-refractivity contribution >= 4 is 17.4 Å². The van der Waals surface area contributed by atoms with Crippen LogP contribution in [0.3, 0.4) is 0 Å². The van der Waals surface area contributed by atoms with Crippen molar-refractivity contribution in [1.82, 2.24) is 5.32 Å². The smallest absolute Gasteiger partial charge is 0.171 e. The summed E-state index contributed by atoms with van der Waals surface area (Å²) in [5, 5.41) is 3.62. The molecule has 1 aliphatic rings. The SMILES string of the molecule is CC(C)(C(=O)c1ccc(Cl)cc1F)C1CCCNC1. The maximum atomic E-state index is 13.9. The number of Topliss-reactive ketones (excluding diaryl/α,β-unsaturated/α-hetero) is 1. The summed E-state index contributed by atoms with van der Waals surface area (Å²) in [4.78, 5) is 12.6. The second kappa shape index (κ2) is 5.59. The first kappa shape index (κ1) is 14.5. The fourth-order valence-electron chi connectivity index (χ4n) is 2.67. The molecule has 0 aromatic heterocycles. The Morgan fingerprint density at radius 2 is 2.21 bits per heavy atom. The molecule has 1 aromatic rings. The van der Waals surface area contributed by atoms with E-state index in [0.29, 0.717) is 5.02 Å². The molecular weight excluding hydrogens is 265 g/mol. The molecule has 0 amide bonds. The van der Waals surface area contributed by atoms with Crippen LogP contribution in [0.1, 0.15) is 37.0 Å². The van der Waals surface area contributed by atoms with Crippen molar-refractivity contribution in [2.75, 3.05) is 13.1 Å². The third kappa shape index (κ3) is 2.98. The van der Waals surface area contributed by atoms with E-state index < -0.39 is 11.2 Å². The molecule has 0 bridgehead atoms. The van der Waals surface area contributed by atoms with Gasteiger partial charge in [0.15, 0.2) is 5.78 Å². The predicted octanol–water partition coefficient (Wildman–Crippen LogP) is 3.69. The van der Waals surface area contributed by atoms with Crippen molar-refractivity contribution in [2.24, 2.45) is 11.3 Å². The fourth-order valence-corrected chi connectivity index (χ4v) is 2.83. The molecule has 0 spiro atoms. The van der Waals surface area contributed by atoms with E-state index in [9.17, 15) is 9.18 Å². The molecule has 4 heteroatoms. The highest BCUT2D eigenvalue weighted by atomic mass is 35.5. The number of carbonyl (C=O) groups excluding carboxylic acids is 1.